The summed E-state index contributed by atoms with van der Waals surface area (Å²) in [5, 5.41) is 0. The Morgan fingerprint density at radius 1 is 1.22 bits per heavy atom. The lowest BCUT2D eigenvalue weighted by molar-refractivity contribution is -0.128. The first-order valence-electron chi connectivity index (χ1n) is 6.74. The molecule has 2 nitrogen and oxygen atoms in total. The van der Waals surface area contributed by atoms with Crippen molar-refractivity contribution >= 4 is 5.97 Å². The quantitative estimate of drug-likeness (QED) is 0.344. The molecule has 1 saturated carbocycles. The Kier molecular flexibility index (Phi) is 4.57. The van der Waals surface area contributed by atoms with Crippen LogP contribution in [-0.2, 0) is 4.79 Å². The van der Waals surface area contributed by atoms with Gasteiger partial charge in [0.2, 0.25) is 0 Å². The third-order valence-electron chi connectivity index (χ3n) is 3.57. The van der Waals surface area contributed by atoms with Crippen LogP contribution in [0.2, 0.25) is 0 Å². The fourth-order valence-corrected chi connectivity index (χ4v) is 2.60. The largest absolute Gasteiger partial charge is 0.423 e. The Hall–Kier alpha value is -1.57. The van der Waals surface area contributed by atoms with Crippen molar-refractivity contribution in [1.82, 2.24) is 0 Å². The Morgan fingerprint density at radius 2 is 1.94 bits per heavy atom. The highest BCUT2D eigenvalue weighted by Crippen LogP contribution is 2.32. The minimum Gasteiger partial charge on any atom is -0.423 e. The van der Waals surface area contributed by atoms with Crippen molar-refractivity contribution in [3.05, 3.63) is 42.5 Å². The second-order valence-corrected chi connectivity index (χ2v) is 4.89. The lowest BCUT2D eigenvalue weighted by Crippen LogP contribution is -2.04. The summed E-state index contributed by atoms with van der Waals surface area (Å²) in [7, 11) is 0. The summed E-state index contributed by atoms with van der Waals surface area (Å²) in [6.45, 7) is 3.41. The second-order valence-electron chi connectivity index (χ2n) is 4.89. The van der Waals surface area contributed by atoms with E-state index in [0.717, 1.165) is 0 Å². The van der Waals surface area contributed by atoms with Crippen LogP contribution in [0.1, 0.15) is 50.0 Å². The van der Waals surface area contributed by atoms with Gasteiger partial charge in [-0.05, 0) is 36.5 Å². The molecule has 1 aliphatic rings. The highest BCUT2D eigenvalue weighted by Gasteiger charge is 2.15. The molecule has 2 rings (SSSR count). The van der Waals surface area contributed by atoms with Gasteiger partial charge in [-0.2, -0.15) is 0 Å². The molecule has 0 amide bonds. The van der Waals surface area contributed by atoms with Crippen molar-refractivity contribution in [3.8, 4) is 5.75 Å². The van der Waals surface area contributed by atoms with Gasteiger partial charge in [-0.15, -0.1) is 0 Å². The first-order valence-corrected chi connectivity index (χ1v) is 6.74. The summed E-state index contributed by atoms with van der Waals surface area (Å²) >= 11 is 0. The SMILES string of the molecule is C=CC(=O)Oc1cccc(C2CCCCCC2)c1. The van der Waals surface area contributed by atoms with Crippen molar-refractivity contribution in [2.45, 2.75) is 44.4 Å². The van der Waals surface area contributed by atoms with Crippen LogP contribution in [-0.4, -0.2) is 5.97 Å². The van der Waals surface area contributed by atoms with Gasteiger partial charge in [-0.1, -0.05) is 44.4 Å². The van der Waals surface area contributed by atoms with Crippen molar-refractivity contribution in [3.63, 3.8) is 0 Å². The highest BCUT2D eigenvalue weighted by molar-refractivity contribution is 5.83. The van der Waals surface area contributed by atoms with Gasteiger partial charge in [0.1, 0.15) is 5.75 Å². The molecule has 0 N–H and O–H groups in total. The van der Waals surface area contributed by atoms with Gasteiger partial charge in [0.25, 0.3) is 0 Å². The van der Waals surface area contributed by atoms with Crippen LogP contribution in [0.3, 0.4) is 0 Å². The lowest BCUT2D eigenvalue weighted by atomic mass is 9.92. The average Bonchev–Trinajstić information content (AvgIpc) is 2.68. The smallest absolute Gasteiger partial charge is 0.335 e. The Balaban J connectivity index is 2.10. The van der Waals surface area contributed by atoms with Gasteiger partial charge in [0, 0.05) is 6.08 Å². The predicted octanol–water partition coefficient (Wildman–Crippen LogP) is 4.22. The van der Waals surface area contributed by atoms with Gasteiger partial charge in [0.05, 0.1) is 0 Å². The van der Waals surface area contributed by atoms with Gasteiger partial charge >= 0.3 is 5.97 Å². The van der Waals surface area contributed by atoms with Gasteiger partial charge in [-0.3, -0.25) is 0 Å². The zero-order valence-corrected chi connectivity index (χ0v) is 10.7. The average molecular weight is 244 g/mol. The van der Waals surface area contributed by atoms with Crippen LogP contribution in [0.25, 0.3) is 0 Å². The maximum absolute atomic E-state index is 11.2. The lowest BCUT2D eigenvalue weighted by Gasteiger charge is -2.15. The van der Waals surface area contributed by atoms with Crippen LogP contribution in [0.5, 0.6) is 5.75 Å². The molecule has 0 unspecified atom stereocenters. The molecule has 0 spiro atoms. The maximum atomic E-state index is 11.2. The monoisotopic (exact) mass is 244 g/mol. The van der Waals surface area contributed by atoms with Crippen LogP contribution >= 0.6 is 0 Å². The van der Waals surface area contributed by atoms with E-state index >= 15 is 0 Å². The zero-order chi connectivity index (χ0) is 12.8. The zero-order valence-electron chi connectivity index (χ0n) is 10.7. The van der Waals surface area contributed by atoms with Gasteiger partial charge in [-0.25, -0.2) is 4.79 Å². The number of carbonyl (C=O) groups excluding carboxylic acids is 1. The van der Waals surface area contributed by atoms with E-state index in [9.17, 15) is 4.79 Å². The molecular weight excluding hydrogens is 224 g/mol. The van der Waals surface area contributed by atoms with Crippen LogP contribution in [0, 0.1) is 0 Å². The minimum absolute atomic E-state index is 0.395. The number of hydrogen-bond acceptors (Lipinski definition) is 2. The normalized spacial score (nSPS) is 16.9. The number of benzene rings is 1. The number of esters is 1. The molecule has 0 radical (unpaired) electrons. The van der Waals surface area contributed by atoms with Crippen LogP contribution in [0.4, 0.5) is 0 Å². The molecule has 1 aliphatic carbocycles. The van der Waals surface area contributed by atoms with E-state index < -0.39 is 5.97 Å². The summed E-state index contributed by atoms with van der Waals surface area (Å²) in [4.78, 5) is 11.2. The van der Waals surface area contributed by atoms with E-state index in [0.29, 0.717) is 11.7 Å². The predicted molar refractivity (Wildman–Crippen MR) is 72.7 cm³/mol. The molecule has 0 heterocycles. The summed E-state index contributed by atoms with van der Waals surface area (Å²) in [6, 6.07) is 7.92. The number of hydrogen-bond donors (Lipinski definition) is 0. The molecule has 0 bridgehead atoms. The van der Waals surface area contributed by atoms with E-state index in [-0.39, 0.29) is 0 Å². The standard InChI is InChI=1S/C16H20O2/c1-2-16(17)18-15-11-7-10-14(12-15)13-8-5-3-4-6-9-13/h2,7,10-13H,1,3-6,8-9H2. The Labute approximate surface area is 109 Å². The number of ether oxygens (including phenoxy) is 1. The molecule has 2 heteroatoms. The first-order chi connectivity index (χ1) is 8.79. The summed E-state index contributed by atoms with van der Waals surface area (Å²) in [5.74, 6) is 0.851. The molecule has 0 atom stereocenters. The molecular formula is C16H20O2. The summed E-state index contributed by atoms with van der Waals surface area (Å²) in [6.07, 6.45) is 9.00. The molecule has 0 aliphatic heterocycles. The summed E-state index contributed by atoms with van der Waals surface area (Å²) in [5.41, 5.74) is 1.30. The molecule has 96 valence electrons. The Morgan fingerprint density at radius 3 is 2.61 bits per heavy atom. The molecule has 1 aromatic rings. The van der Waals surface area contributed by atoms with Gasteiger partial charge in [0.15, 0.2) is 0 Å². The topological polar surface area (TPSA) is 26.3 Å². The van der Waals surface area contributed by atoms with Crippen molar-refractivity contribution in [1.29, 1.82) is 0 Å². The molecule has 0 aromatic heterocycles. The Bertz CT molecular complexity index is 415. The minimum atomic E-state index is -0.395. The second kappa shape index (κ2) is 6.39. The molecule has 1 aromatic carbocycles. The fraction of sp³-hybridized carbons (Fsp3) is 0.438. The number of carbonyl (C=O) groups is 1. The van der Waals surface area contributed by atoms with Crippen molar-refractivity contribution in [2.24, 2.45) is 0 Å². The highest BCUT2D eigenvalue weighted by atomic mass is 16.5. The summed E-state index contributed by atoms with van der Waals surface area (Å²) < 4.78 is 5.17. The maximum Gasteiger partial charge on any atom is 0.335 e. The van der Waals surface area contributed by atoms with Crippen molar-refractivity contribution < 1.29 is 9.53 Å². The fourth-order valence-electron chi connectivity index (χ4n) is 2.60. The molecule has 0 saturated heterocycles. The third-order valence-corrected chi connectivity index (χ3v) is 3.57. The van der Waals surface area contributed by atoms with E-state index in [1.165, 1.54) is 50.2 Å². The van der Waals surface area contributed by atoms with Gasteiger partial charge < -0.3 is 4.74 Å². The van der Waals surface area contributed by atoms with E-state index in [2.05, 4.69) is 12.6 Å². The third kappa shape index (κ3) is 3.46. The molecule has 1 fully saturated rings. The van der Waals surface area contributed by atoms with Crippen LogP contribution in [0.15, 0.2) is 36.9 Å². The first kappa shape index (κ1) is 12.9. The van der Waals surface area contributed by atoms with E-state index in [4.69, 9.17) is 4.74 Å². The van der Waals surface area contributed by atoms with Crippen LogP contribution < -0.4 is 4.74 Å². The number of rotatable bonds is 3. The van der Waals surface area contributed by atoms with E-state index in [1.54, 1.807) is 0 Å². The van der Waals surface area contributed by atoms with E-state index in [1.807, 2.05) is 18.2 Å². The van der Waals surface area contributed by atoms with Crippen molar-refractivity contribution in [2.75, 3.05) is 0 Å². The molecule has 18 heavy (non-hydrogen) atoms.